The molecule has 0 unspecified atom stereocenters. The number of amides is 2. The number of hydrogen-bond acceptors (Lipinski definition) is 5. The first-order valence-electron chi connectivity index (χ1n) is 11.9. The first-order valence-corrected chi connectivity index (χ1v) is 14.1. The van der Waals surface area contributed by atoms with E-state index in [4.69, 9.17) is 16.3 Å². The molecule has 0 aliphatic carbocycles. The summed E-state index contributed by atoms with van der Waals surface area (Å²) >= 11 is 6.32. The molecule has 198 valence electrons. The van der Waals surface area contributed by atoms with Crippen molar-refractivity contribution in [2.75, 3.05) is 30.8 Å². The summed E-state index contributed by atoms with van der Waals surface area (Å²) in [6.07, 6.45) is 1.47. The molecule has 0 heterocycles. The van der Waals surface area contributed by atoms with Crippen LogP contribution in [0.15, 0.2) is 48.5 Å². The average molecular weight is 538 g/mol. The van der Waals surface area contributed by atoms with E-state index in [1.54, 1.807) is 43.3 Å². The number of rotatable bonds is 13. The Balaban J connectivity index is 2.16. The van der Waals surface area contributed by atoms with Gasteiger partial charge in [0.05, 0.1) is 19.1 Å². The van der Waals surface area contributed by atoms with Crippen LogP contribution in [0.3, 0.4) is 0 Å². The third-order valence-electron chi connectivity index (χ3n) is 5.66. The monoisotopic (exact) mass is 537 g/mol. The first kappa shape index (κ1) is 29.5. The number of carbonyl (C=O) groups is 2. The van der Waals surface area contributed by atoms with Gasteiger partial charge in [-0.2, -0.15) is 0 Å². The van der Waals surface area contributed by atoms with Crippen molar-refractivity contribution < 1.29 is 22.7 Å². The third kappa shape index (κ3) is 8.71. The van der Waals surface area contributed by atoms with Crippen molar-refractivity contribution in [3.8, 4) is 5.75 Å². The molecule has 0 spiro atoms. The van der Waals surface area contributed by atoms with Gasteiger partial charge < -0.3 is 15.0 Å². The predicted molar refractivity (Wildman–Crippen MR) is 144 cm³/mol. The van der Waals surface area contributed by atoms with Gasteiger partial charge in [-0.25, -0.2) is 8.42 Å². The van der Waals surface area contributed by atoms with Gasteiger partial charge in [-0.1, -0.05) is 43.6 Å². The molecule has 0 fully saturated rings. The fourth-order valence-corrected chi connectivity index (χ4v) is 4.76. The normalized spacial score (nSPS) is 12.2. The lowest BCUT2D eigenvalue weighted by molar-refractivity contribution is -0.140. The van der Waals surface area contributed by atoms with Crippen LogP contribution in [0.5, 0.6) is 5.75 Å². The van der Waals surface area contributed by atoms with E-state index in [0.29, 0.717) is 23.0 Å². The molecule has 2 amide bonds. The molecule has 10 heteroatoms. The molecule has 0 radical (unpaired) electrons. The molecule has 1 N–H and O–H groups in total. The zero-order valence-electron chi connectivity index (χ0n) is 21.5. The summed E-state index contributed by atoms with van der Waals surface area (Å²) in [6.45, 7) is 6.46. The average Bonchev–Trinajstić information content (AvgIpc) is 2.83. The molecule has 0 saturated heterocycles. The Kier molecular flexibility index (Phi) is 11.0. The maximum Gasteiger partial charge on any atom is 0.242 e. The zero-order chi connectivity index (χ0) is 26.9. The first-order chi connectivity index (χ1) is 16.9. The van der Waals surface area contributed by atoms with Crippen molar-refractivity contribution in [3.05, 3.63) is 59.1 Å². The smallest absolute Gasteiger partial charge is 0.242 e. The summed E-state index contributed by atoms with van der Waals surface area (Å²) in [7, 11) is -2.03. The highest BCUT2D eigenvalue weighted by Crippen LogP contribution is 2.23. The fraction of sp³-hybridized carbons (Fsp3) is 0.462. The number of nitrogens with one attached hydrogen (secondary N) is 1. The lowest BCUT2D eigenvalue weighted by Gasteiger charge is -2.30. The summed E-state index contributed by atoms with van der Waals surface area (Å²) in [4.78, 5) is 27.6. The van der Waals surface area contributed by atoms with Crippen LogP contribution in [0, 0.1) is 5.92 Å². The molecule has 0 saturated carbocycles. The number of nitrogens with zero attached hydrogens (tertiary/aromatic N) is 2. The fourth-order valence-electron chi connectivity index (χ4n) is 3.60. The number of halogens is 1. The highest BCUT2D eigenvalue weighted by molar-refractivity contribution is 7.92. The van der Waals surface area contributed by atoms with Crippen molar-refractivity contribution in [1.29, 1.82) is 0 Å². The van der Waals surface area contributed by atoms with E-state index in [2.05, 4.69) is 5.32 Å². The molecule has 0 bridgehead atoms. The minimum atomic E-state index is -3.57. The lowest BCUT2D eigenvalue weighted by atomic mass is 10.1. The van der Waals surface area contributed by atoms with Crippen LogP contribution in [-0.2, 0) is 26.2 Å². The van der Waals surface area contributed by atoms with Crippen molar-refractivity contribution in [2.24, 2.45) is 5.92 Å². The van der Waals surface area contributed by atoms with Crippen molar-refractivity contribution in [2.45, 2.75) is 46.2 Å². The van der Waals surface area contributed by atoms with E-state index >= 15 is 0 Å². The Bertz CT molecular complexity index is 1120. The van der Waals surface area contributed by atoms with Crippen LogP contribution < -0.4 is 14.4 Å². The second kappa shape index (κ2) is 13.5. The number of ether oxygens (including phenoxy) is 1. The zero-order valence-corrected chi connectivity index (χ0v) is 23.1. The Morgan fingerprint density at radius 2 is 1.69 bits per heavy atom. The van der Waals surface area contributed by atoms with Gasteiger partial charge in [0.1, 0.15) is 11.8 Å². The van der Waals surface area contributed by atoms with E-state index in [-0.39, 0.29) is 43.7 Å². The molecule has 8 nitrogen and oxygen atoms in total. The number of sulfonamides is 1. The van der Waals surface area contributed by atoms with E-state index in [1.807, 2.05) is 26.0 Å². The van der Waals surface area contributed by atoms with Crippen LogP contribution >= 0.6 is 11.6 Å². The van der Waals surface area contributed by atoms with Gasteiger partial charge in [-0.3, -0.25) is 13.9 Å². The van der Waals surface area contributed by atoms with Crippen LogP contribution in [0.4, 0.5) is 5.69 Å². The molecule has 0 aromatic heterocycles. The second-order valence-electron chi connectivity index (χ2n) is 9.06. The Morgan fingerprint density at radius 1 is 1.06 bits per heavy atom. The van der Waals surface area contributed by atoms with Crippen molar-refractivity contribution >= 4 is 39.1 Å². The summed E-state index contributed by atoms with van der Waals surface area (Å²) in [5.74, 6) is 0.376. The van der Waals surface area contributed by atoms with Gasteiger partial charge >= 0.3 is 0 Å². The summed E-state index contributed by atoms with van der Waals surface area (Å²) in [6, 6.07) is 13.1. The highest BCUT2D eigenvalue weighted by Gasteiger charge is 2.27. The molecular formula is C26H36ClN3O5S. The number of anilines is 1. The Morgan fingerprint density at radius 3 is 2.25 bits per heavy atom. The van der Waals surface area contributed by atoms with Crippen LogP contribution in [0.2, 0.25) is 5.02 Å². The molecular weight excluding hydrogens is 502 g/mol. The number of hydrogen-bond donors (Lipinski definition) is 1. The minimum Gasteiger partial charge on any atom is -0.497 e. The Labute approximate surface area is 219 Å². The Hall–Kier alpha value is -2.78. The maximum absolute atomic E-state index is 13.3. The van der Waals surface area contributed by atoms with Gasteiger partial charge in [-0.05, 0) is 55.2 Å². The molecule has 2 aromatic carbocycles. The van der Waals surface area contributed by atoms with Gasteiger partial charge in [0.15, 0.2) is 0 Å². The van der Waals surface area contributed by atoms with Crippen LogP contribution in [-0.4, -0.2) is 57.6 Å². The van der Waals surface area contributed by atoms with Gasteiger partial charge in [0, 0.05) is 31.1 Å². The van der Waals surface area contributed by atoms with Crippen molar-refractivity contribution in [3.63, 3.8) is 0 Å². The maximum atomic E-state index is 13.3. The molecule has 0 aliphatic rings. The SMILES string of the molecule is COc1ccc(N(CCCC(=O)N(Cc2ccccc2Cl)[C@H](C)C(=O)NCC(C)C)S(C)(=O)=O)cc1. The van der Waals surface area contributed by atoms with Crippen LogP contribution in [0.1, 0.15) is 39.2 Å². The van der Waals surface area contributed by atoms with E-state index in [9.17, 15) is 18.0 Å². The summed E-state index contributed by atoms with van der Waals surface area (Å²) < 4.78 is 31.3. The molecule has 2 rings (SSSR count). The van der Waals surface area contributed by atoms with E-state index in [1.165, 1.54) is 16.3 Å². The standard InChI is InChI=1S/C26H36ClN3O5S/c1-19(2)17-28-26(32)20(3)29(18-21-9-6-7-10-24(21)27)25(31)11-8-16-30(36(5,33)34)22-12-14-23(35-4)15-13-22/h6-7,9-10,12-15,19-20H,8,11,16-18H2,1-5H3,(H,28,32)/t20-/m1/s1. The topological polar surface area (TPSA) is 96.0 Å². The molecule has 1 atom stereocenters. The van der Waals surface area contributed by atoms with E-state index in [0.717, 1.165) is 11.8 Å². The lowest BCUT2D eigenvalue weighted by Crippen LogP contribution is -2.48. The van der Waals surface area contributed by atoms with E-state index < -0.39 is 16.1 Å². The third-order valence-corrected chi connectivity index (χ3v) is 7.23. The molecule has 36 heavy (non-hydrogen) atoms. The summed E-state index contributed by atoms with van der Waals surface area (Å²) in [5, 5.41) is 3.39. The van der Waals surface area contributed by atoms with Gasteiger partial charge in [0.25, 0.3) is 0 Å². The second-order valence-corrected chi connectivity index (χ2v) is 11.4. The largest absolute Gasteiger partial charge is 0.497 e. The number of benzene rings is 2. The quantitative estimate of drug-likeness (QED) is 0.415. The van der Waals surface area contributed by atoms with Gasteiger partial charge in [0.2, 0.25) is 21.8 Å². The summed E-state index contributed by atoms with van der Waals surface area (Å²) in [5.41, 5.74) is 1.21. The highest BCUT2D eigenvalue weighted by atomic mass is 35.5. The predicted octanol–water partition coefficient (Wildman–Crippen LogP) is 4.08. The van der Waals surface area contributed by atoms with Gasteiger partial charge in [-0.15, -0.1) is 0 Å². The van der Waals surface area contributed by atoms with Crippen LogP contribution in [0.25, 0.3) is 0 Å². The van der Waals surface area contributed by atoms with Crippen molar-refractivity contribution in [1.82, 2.24) is 10.2 Å². The molecule has 2 aromatic rings. The molecule has 0 aliphatic heterocycles. The number of carbonyl (C=O) groups excluding carboxylic acids is 2. The minimum absolute atomic E-state index is 0.0639. The number of methoxy groups -OCH3 is 1.